The lowest BCUT2D eigenvalue weighted by Crippen LogP contribution is -2.46. The van der Waals surface area contributed by atoms with E-state index in [1.807, 2.05) is 30.3 Å². The second-order valence-corrected chi connectivity index (χ2v) is 4.54. The summed E-state index contributed by atoms with van der Waals surface area (Å²) in [5.74, 6) is -1.02. The van der Waals surface area contributed by atoms with E-state index in [0.29, 0.717) is 6.54 Å². The number of fused-ring (bicyclic) bond motifs is 1. The molecule has 7 nitrogen and oxygen atoms in total. The van der Waals surface area contributed by atoms with Crippen molar-refractivity contribution in [3.8, 4) is 0 Å². The molecule has 0 atom stereocenters. The Morgan fingerprint density at radius 3 is 2.81 bits per heavy atom. The van der Waals surface area contributed by atoms with Crippen molar-refractivity contribution < 1.29 is 14.7 Å². The van der Waals surface area contributed by atoms with Crippen molar-refractivity contribution in [1.29, 1.82) is 0 Å². The van der Waals surface area contributed by atoms with E-state index in [4.69, 9.17) is 5.11 Å². The molecule has 0 saturated heterocycles. The number of aliphatic carboxylic acids is 1. The van der Waals surface area contributed by atoms with Crippen LogP contribution in [-0.4, -0.2) is 40.7 Å². The summed E-state index contributed by atoms with van der Waals surface area (Å²) in [7, 11) is 1.48. The highest BCUT2D eigenvalue weighted by atomic mass is 16.4. The van der Waals surface area contributed by atoms with Crippen molar-refractivity contribution in [3.05, 3.63) is 42.1 Å². The Hall–Kier alpha value is -2.67. The van der Waals surface area contributed by atoms with Crippen LogP contribution in [0.3, 0.4) is 0 Å². The minimum Gasteiger partial charge on any atom is -0.480 e. The number of rotatable bonds is 5. The molecule has 1 aromatic heterocycles. The van der Waals surface area contributed by atoms with Crippen molar-refractivity contribution in [2.24, 2.45) is 0 Å². The molecule has 3 N–H and O–H groups in total. The van der Waals surface area contributed by atoms with Gasteiger partial charge in [-0.3, -0.25) is 15.2 Å². The zero-order valence-corrected chi connectivity index (χ0v) is 11.5. The molecule has 0 saturated carbocycles. The SMILES string of the molecule is CN(CC(=O)O)NC(=O)NCc1cccc2cccnc12. The monoisotopic (exact) mass is 288 g/mol. The number of amides is 2. The number of carboxylic acids is 1. The molecule has 21 heavy (non-hydrogen) atoms. The first-order chi connectivity index (χ1) is 10.1. The highest BCUT2D eigenvalue weighted by Crippen LogP contribution is 2.15. The largest absolute Gasteiger partial charge is 0.480 e. The van der Waals surface area contributed by atoms with Crippen LogP contribution in [0.2, 0.25) is 0 Å². The summed E-state index contributed by atoms with van der Waals surface area (Å²) >= 11 is 0. The van der Waals surface area contributed by atoms with E-state index >= 15 is 0 Å². The zero-order valence-electron chi connectivity index (χ0n) is 11.5. The Morgan fingerprint density at radius 2 is 2.05 bits per heavy atom. The average Bonchev–Trinajstić information content (AvgIpc) is 2.44. The van der Waals surface area contributed by atoms with Crippen molar-refractivity contribution >= 4 is 22.9 Å². The second-order valence-electron chi connectivity index (χ2n) is 4.54. The first-order valence-corrected chi connectivity index (χ1v) is 6.36. The molecule has 2 amide bonds. The Morgan fingerprint density at radius 1 is 1.29 bits per heavy atom. The molecule has 0 aliphatic heterocycles. The Kier molecular flexibility index (Phi) is 4.68. The predicted octanol–water partition coefficient (Wildman–Crippen LogP) is 0.965. The number of carbonyl (C=O) groups excluding carboxylic acids is 1. The molecular formula is C14H16N4O3. The van der Waals surface area contributed by atoms with Crippen LogP contribution in [-0.2, 0) is 11.3 Å². The fraction of sp³-hybridized carbons (Fsp3) is 0.214. The quantitative estimate of drug-likeness (QED) is 0.713. The lowest BCUT2D eigenvalue weighted by atomic mass is 10.1. The molecule has 0 spiro atoms. The Labute approximate surface area is 121 Å². The molecule has 0 radical (unpaired) electrons. The van der Waals surface area contributed by atoms with Crippen LogP contribution >= 0.6 is 0 Å². The highest BCUT2D eigenvalue weighted by Gasteiger charge is 2.08. The molecule has 1 aromatic carbocycles. The van der Waals surface area contributed by atoms with E-state index in [1.165, 1.54) is 12.1 Å². The van der Waals surface area contributed by atoms with Crippen molar-refractivity contribution in [1.82, 2.24) is 20.7 Å². The molecular weight excluding hydrogens is 272 g/mol. The van der Waals surface area contributed by atoms with Crippen LogP contribution in [0.4, 0.5) is 4.79 Å². The number of carboxylic acid groups (broad SMARTS) is 1. The van der Waals surface area contributed by atoms with Gasteiger partial charge in [0.1, 0.15) is 6.54 Å². The average molecular weight is 288 g/mol. The smallest absolute Gasteiger partial charge is 0.329 e. The number of urea groups is 1. The van der Waals surface area contributed by atoms with Crippen molar-refractivity contribution in [2.75, 3.05) is 13.6 Å². The van der Waals surface area contributed by atoms with Gasteiger partial charge in [0.25, 0.3) is 0 Å². The predicted molar refractivity (Wildman–Crippen MR) is 77.4 cm³/mol. The number of hydrogen-bond acceptors (Lipinski definition) is 4. The zero-order chi connectivity index (χ0) is 15.2. The third kappa shape index (κ3) is 4.15. The lowest BCUT2D eigenvalue weighted by molar-refractivity contribution is -0.138. The van der Waals surface area contributed by atoms with Crippen LogP contribution in [0.15, 0.2) is 36.5 Å². The molecule has 110 valence electrons. The van der Waals surface area contributed by atoms with Gasteiger partial charge in [0.05, 0.1) is 5.52 Å². The van der Waals surface area contributed by atoms with Gasteiger partial charge in [0.2, 0.25) is 0 Å². The second kappa shape index (κ2) is 6.67. The number of likely N-dealkylation sites (N-methyl/N-ethyl adjacent to an activating group) is 1. The van der Waals surface area contributed by atoms with Crippen molar-refractivity contribution in [2.45, 2.75) is 6.54 Å². The number of aromatic nitrogens is 1. The first-order valence-electron chi connectivity index (χ1n) is 6.36. The number of pyridine rings is 1. The number of carbonyl (C=O) groups is 2. The minimum atomic E-state index is -1.02. The van der Waals surface area contributed by atoms with Gasteiger partial charge < -0.3 is 10.4 Å². The van der Waals surface area contributed by atoms with Crippen molar-refractivity contribution in [3.63, 3.8) is 0 Å². The number of hydrogen-bond donors (Lipinski definition) is 3. The van der Waals surface area contributed by atoms with Gasteiger partial charge in [-0.2, -0.15) is 0 Å². The summed E-state index contributed by atoms with van der Waals surface area (Å²) in [4.78, 5) is 26.5. The summed E-state index contributed by atoms with van der Waals surface area (Å²) in [5.41, 5.74) is 4.14. The summed E-state index contributed by atoms with van der Waals surface area (Å²) in [6, 6.07) is 9.07. The van der Waals surface area contributed by atoms with E-state index in [2.05, 4.69) is 15.7 Å². The van der Waals surface area contributed by atoms with E-state index in [-0.39, 0.29) is 6.54 Å². The van der Waals surface area contributed by atoms with Crippen LogP contribution < -0.4 is 10.7 Å². The van der Waals surface area contributed by atoms with E-state index in [1.54, 1.807) is 6.20 Å². The molecule has 1 heterocycles. The van der Waals surface area contributed by atoms with E-state index in [9.17, 15) is 9.59 Å². The standard InChI is InChI=1S/C14H16N4O3/c1-18(9-12(19)20)17-14(21)16-8-11-5-2-4-10-6-3-7-15-13(10)11/h2-7H,8-9H2,1H3,(H,19,20)(H2,16,17,21). The molecule has 2 rings (SSSR count). The van der Waals surface area contributed by atoms with Gasteiger partial charge in [-0.15, -0.1) is 0 Å². The number of nitrogens with one attached hydrogen (secondary N) is 2. The molecule has 0 aliphatic rings. The maximum atomic E-state index is 11.7. The number of benzene rings is 1. The third-order valence-electron chi connectivity index (χ3n) is 2.82. The van der Waals surface area contributed by atoms with Crippen LogP contribution in [0.25, 0.3) is 10.9 Å². The number of nitrogens with zero attached hydrogens (tertiary/aromatic N) is 2. The topological polar surface area (TPSA) is 94.6 Å². The molecule has 7 heteroatoms. The van der Waals surface area contributed by atoms with E-state index < -0.39 is 12.0 Å². The molecule has 2 aromatic rings. The van der Waals surface area contributed by atoms with Gasteiger partial charge in [0, 0.05) is 25.2 Å². The van der Waals surface area contributed by atoms with E-state index in [0.717, 1.165) is 16.5 Å². The van der Waals surface area contributed by atoms with Crippen LogP contribution in [0, 0.1) is 0 Å². The molecule has 0 aliphatic carbocycles. The normalized spacial score (nSPS) is 10.6. The van der Waals surface area contributed by atoms with Crippen LogP contribution in [0.1, 0.15) is 5.56 Å². The van der Waals surface area contributed by atoms with Gasteiger partial charge in [-0.1, -0.05) is 24.3 Å². The summed E-state index contributed by atoms with van der Waals surface area (Å²) < 4.78 is 0. The minimum absolute atomic E-state index is 0.275. The molecule has 0 unspecified atom stereocenters. The van der Waals surface area contributed by atoms with Gasteiger partial charge in [-0.25, -0.2) is 9.80 Å². The Balaban J connectivity index is 1.95. The third-order valence-corrected chi connectivity index (χ3v) is 2.82. The number of hydrazine groups is 1. The van der Waals surface area contributed by atoms with Gasteiger partial charge in [-0.05, 0) is 11.6 Å². The summed E-state index contributed by atoms with van der Waals surface area (Å²) in [6.07, 6.45) is 1.70. The fourth-order valence-electron chi connectivity index (χ4n) is 1.94. The maximum absolute atomic E-state index is 11.7. The Bertz CT molecular complexity index is 654. The summed E-state index contributed by atoms with van der Waals surface area (Å²) in [6.45, 7) is 0.0321. The summed E-state index contributed by atoms with van der Waals surface area (Å²) in [5, 5.41) is 13.5. The van der Waals surface area contributed by atoms with Gasteiger partial charge in [0.15, 0.2) is 0 Å². The molecule has 0 fully saturated rings. The first kappa shape index (κ1) is 14.7. The maximum Gasteiger partial charge on any atom is 0.329 e. The van der Waals surface area contributed by atoms with Gasteiger partial charge >= 0.3 is 12.0 Å². The lowest BCUT2D eigenvalue weighted by Gasteiger charge is -2.16. The fourth-order valence-corrected chi connectivity index (χ4v) is 1.94. The molecule has 0 bridgehead atoms. The number of para-hydroxylation sites is 1. The highest BCUT2D eigenvalue weighted by molar-refractivity contribution is 5.82. The van der Waals surface area contributed by atoms with Crippen LogP contribution in [0.5, 0.6) is 0 Å².